The molecule has 1 aliphatic rings. The van der Waals surface area contributed by atoms with Crippen LogP contribution in [0.3, 0.4) is 0 Å². The Morgan fingerprint density at radius 3 is 2.65 bits per heavy atom. The Morgan fingerprint density at radius 2 is 2.06 bits per heavy atom. The molecule has 1 aromatic carbocycles. The molecule has 1 atom stereocenters. The molecule has 1 N–H and O–H groups in total. The Morgan fingerprint density at radius 1 is 1.41 bits per heavy atom. The summed E-state index contributed by atoms with van der Waals surface area (Å²) in [5.74, 6) is 0.126. The van der Waals surface area contributed by atoms with E-state index in [9.17, 15) is 4.79 Å². The minimum atomic E-state index is 0. The van der Waals surface area contributed by atoms with Gasteiger partial charge in [-0.2, -0.15) is 0 Å². The van der Waals surface area contributed by atoms with Crippen LogP contribution in [0.1, 0.15) is 17.3 Å². The van der Waals surface area contributed by atoms with E-state index in [4.69, 9.17) is 0 Å². The van der Waals surface area contributed by atoms with Crippen LogP contribution in [0.15, 0.2) is 28.7 Å². The first-order chi connectivity index (χ1) is 7.68. The highest BCUT2D eigenvalue weighted by Gasteiger charge is 2.23. The van der Waals surface area contributed by atoms with Crippen molar-refractivity contribution in [3.63, 3.8) is 0 Å². The van der Waals surface area contributed by atoms with Crippen LogP contribution in [0.5, 0.6) is 0 Å². The lowest BCUT2D eigenvalue weighted by atomic mass is 10.1. The van der Waals surface area contributed by atoms with Crippen LogP contribution < -0.4 is 5.32 Å². The number of nitrogens with zero attached hydrogens (tertiary/aromatic N) is 1. The van der Waals surface area contributed by atoms with Crippen molar-refractivity contribution in [1.29, 1.82) is 0 Å². The van der Waals surface area contributed by atoms with Crippen molar-refractivity contribution < 1.29 is 4.79 Å². The minimum Gasteiger partial charge on any atom is -0.333 e. The van der Waals surface area contributed by atoms with E-state index in [0.717, 1.165) is 29.7 Å². The van der Waals surface area contributed by atoms with Gasteiger partial charge in [0.2, 0.25) is 0 Å². The van der Waals surface area contributed by atoms with E-state index in [2.05, 4.69) is 28.2 Å². The molecule has 1 fully saturated rings. The van der Waals surface area contributed by atoms with Crippen molar-refractivity contribution in [3.8, 4) is 0 Å². The van der Waals surface area contributed by atoms with E-state index in [1.54, 1.807) is 0 Å². The van der Waals surface area contributed by atoms with Crippen LogP contribution in [0.4, 0.5) is 0 Å². The van der Waals surface area contributed by atoms with Crippen LogP contribution >= 0.6 is 28.3 Å². The van der Waals surface area contributed by atoms with E-state index >= 15 is 0 Å². The number of nitrogens with one attached hydrogen (secondary N) is 1. The number of piperazine rings is 1. The highest BCUT2D eigenvalue weighted by molar-refractivity contribution is 9.10. The van der Waals surface area contributed by atoms with Gasteiger partial charge in [0, 0.05) is 35.7 Å². The molecule has 0 aromatic heterocycles. The first-order valence-electron chi connectivity index (χ1n) is 5.46. The summed E-state index contributed by atoms with van der Waals surface area (Å²) in [5.41, 5.74) is 0.761. The summed E-state index contributed by atoms with van der Waals surface area (Å²) >= 11 is 3.37. The topological polar surface area (TPSA) is 32.3 Å². The van der Waals surface area contributed by atoms with Crippen molar-refractivity contribution >= 4 is 34.2 Å². The molecule has 0 bridgehead atoms. The second-order valence-corrected chi connectivity index (χ2v) is 4.97. The van der Waals surface area contributed by atoms with Gasteiger partial charge in [-0.05, 0) is 31.2 Å². The summed E-state index contributed by atoms with van der Waals surface area (Å²) < 4.78 is 0.998. The highest BCUT2D eigenvalue weighted by Crippen LogP contribution is 2.14. The summed E-state index contributed by atoms with van der Waals surface area (Å²) in [6.07, 6.45) is 0. The fourth-order valence-electron chi connectivity index (χ4n) is 1.90. The lowest BCUT2D eigenvalue weighted by Crippen LogP contribution is -2.52. The fraction of sp³-hybridized carbons (Fsp3) is 0.417. The number of carbonyl (C=O) groups excluding carboxylic acids is 1. The Balaban J connectivity index is 0.00000144. The average Bonchev–Trinajstić information content (AvgIpc) is 2.30. The minimum absolute atomic E-state index is 0. The van der Waals surface area contributed by atoms with E-state index in [1.165, 1.54) is 0 Å². The van der Waals surface area contributed by atoms with Gasteiger partial charge in [-0.25, -0.2) is 0 Å². The van der Waals surface area contributed by atoms with Crippen LogP contribution in [-0.4, -0.2) is 36.5 Å². The molecule has 2 rings (SSSR count). The van der Waals surface area contributed by atoms with Crippen molar-refractivity contribution in [1.82, 2.24) is 10.2 Å². The third-order valence-electron chi connectivity index (χ3n) is 2.85. The summed E-state index contributed by atoms with van der Waals surface area (Å²) in [6, 6.07) is 7.80. The van der Waals surface area contributed by atoms with Gasteiger partial charge in [0.25, 0.3) is 5.91 Å². The van der Waals surface area contributed by atoms with Crippen LogP contribution in [-0.2, 0) is 0 Å². The smallest absolute Gasteiger partial charge is 0.254 e. The van der Waals surface area contributed by atoms with Gasteiger partial charge >= 0.3 is 0 Å². The standard InChI is InChI=1S/C12H15BrN2O.ClH/c1-9-8-14-6-7-15(9)12(16)10-2-4-11(13)5-3-10;/h2-5,9,14H,6-8H2,1H3;1H/t9-;/m0./s1. The van der Waals surface area contributed by atoms with Crippen LogP contribution in [0, 0.1) is 0 Å². The molecule has 0 radical (unpaired) electrons. The zero-order valence-corrected chi connectivity index (χ0v) is 12.1. The largest absolute Gasteiger partial charge is 0.333 e. The van der Waals surface area contributed by atoms with E-state index in [1.807, 2.05) is 29.2 Å². The zero-order valence-electron chi connectivity index (χ0n) is 9.65. The van der Waals surface area contributed by atoms with Gasteiger partial charge in [0.05, 0.1) is 0 Å². The lowest BCUT2D eigenvalue weighted by Gasteiger charge is -2.34. The van der Waals surface area contributed by atoms with Crippen molar-refractivity contribution in [3.05, 3.63) is 34.3 Å². The Labute approximate surface area is 116 Å². The number of hydrogen-bond acceptors (Lipinski definition) is 2. The Hall–Kier alpha value is -0.580. The number of halogens is 2. The third-order valence-corrected chi connectivity index (χ3v) is 3.38. The van der Waals surface area contributed by atoms with E-state index in [-0.39, 0.29) is 24.4 Å². The molecule has 1 aliphatic heterocycles. The normalized spacial score (nSPS) is 19.6. The summed E-state index contributed by atoms with van der Waals surface area (Å²) in [6.45, 7) is 4.62. The molecule has 0 aliphatic carbocycles. The predicted octanol–water partition coefficient (Wildman–Crippen LogP) is 2.30. The van der Waals surface area contributed by atoms with Crippen LogP contribution in [0.25, 0.3) is 0 Å². The molecule has 1 amide bonds. The highest BCUT2D eigenvalue weighted by atomic mass is 79.9. The number of rotatable bonds is 1. The summed E-state index contributed by atoms with van der Waals surface area (Å²) in [4.78, 5) is 14.1. The zero-order chi connectivity index (χ0) is 11.5. The molecule has 3 nitrogen and oxygen atoms in total. The van der Waals surface area contributed by atoms with Gasteiger partial charge in [-0.3, -0.25) is 4.79 Å². The predicted molar refractivity (Wildman–Crippen MR) is 74.8 cm³/mol. The first kappa shape index (κ1) is 14.5. The molecule has 1 aromatic rings. The van der Waals surface area contributed by atoms with Crippen molar-refractivity contribution in [2.24, 2.45) is 0 Å². The van der Waals surface area contributed by atoms with Gasteiger partial charge in [-0.15, -0.1) is 12.4 Å². The molecule has 5 heteroatoms. The van der Waals surface area contributed by atoms with Crippen molar-refractivity contribution in [2.75, 3.05) is 19.6 Å². The van der Waals surface area contributed by atoms with Crippen LogP contribution in [0.2, 0.25) is 0 Å². The van der Waals surface area contributed by atoms with Crippen molar-refractivity contribution in [2.45, 2.75) is 13.0 Å². The third kappa shape index (κ3) is 3.44. The maximum atomic E-state index is 12.2. The van der Waals surface area contributed by atoms with Gasteiger partial charge in [0.15, 0.2) is 0 Å². The van der Waals surface area contributed by atoms with E-state index in [0.29, 0.717) is 0 Å². The molecule has 1 saturated heterocycles. The molecule has 94 valence electrons. The first-order valence-corrected chi connectivity index (χ1v) is 6.25. The molecule has 17 heavy (non-hydrogen) atoms. The SMILES string of the molecule is C[C@H]1CNCCN1C(=O)c1ccc(Br)cc1.Cl. The number of carbonyl (C=O) groups is 1. The number of hydrogen-bond donors (Lipinski definition) is 1. The van der Waals surface area contributed by atoms with Gasteiger partial charge < -0.3 is 10.2 Å². The Kier molecular flexibility index (Phi) is 5.43. The average molecular weight is 320 g/mol. The Bertz CT molecular complexity index is 383. The second-order valence-electron chi connectivity index (χ2n) is 4.06. The monoisotopic (exact) mass is 318 g/mol. The summed E-state index contributed by atoms with van der Waals surface area (Å²) in [7, 11) is 0. The molecular formula is C12H16BrClN2O. The van der Waals surface area contributed by atoms with Gasteiger partial charge in [-0.1, -0.05) is 15.9 Å². The molecule has 0 unspecified atom stereocenters. The number of benzene rings is 1. The van der Waals surface area contributed by atoms with E-state index < -0.39 is 0 Å². The lowest BCUT2D eigenvalue weighted by molar-refractivity contribution is 0.0656. The van der Waals surface area contributed by atoms with Gasteiger partial charge in [0.1, 0.15) is 0 Å². The maximum Gasteiger partial charge on any atom is 0.254 e. The molecule has 1 heterocycles. The molecular weight excluding hydrogens is 304 g/mol. The fourth-order valence-corrected chi connectivity index (χ4v) is 2.17. The molecule has 0 saturated carbocycles. The quantitative estimate of drug-likeness (QED) is 0.861. The number of amides is 1. The molecule has 0 spiro atoms. The maximum absolute atomic E-state index is 12.2. The second kappa shape index (κ2) is 6.38. The summed E-state index contributed by atoms with van der Waals surface area (Å²) in [5, 5.41) is 3.28.